The van der Waals surface area contributed by atoms with Crippen molar-refractivity contribution in [1.29, 1.82) is 0 Å². The van der Waals surface area contributed by atoms with Gasteiger partial charge in [-0.3, -0.25) is 4.99 Å². The average Bonchev–Trinajstić information content (AvgIpc) is 2.99. The Labute approximate surface area is 139 Å². The third-order valence-electron chi connectivity index (χ3n) is 3.76. The maximum atomic E-state index is 4.77. The first-order valence-corrected chi connectivity index (χ1v) is 9.38. The molecule has 122 valence electrons. The predicted molar refractivity (Wildman–Crippen MR) is 97.7 cm³/mol. The molecule has 1 aromatic rings. The molecule has 0 bridgehead atoms. The highest BCUT2D eigenvalue weighted by molar-refractivity contribution is 7.99. The Morgan fingerprint density at radius 3 is 2.82 bits per heavy atom. The van der Waals surface area contributed by atoms with Crippen LogP contribution >= 0.6 is 11.8 Å². The molecule has 1 heterocycles. The number of nitrogens with one attached hydrogen (secondary N) is 1. The van der Waals surface area contributed by atoms with Crippen LogP contribution in [0, 0.1) is 11.8 Å². The zero-order chi connectivity index (χ0) is 15.8. The van der Waals surface area contributed by atoms with Crippen LogP contribution in [0.4, 0.5) is 0 Å². The van der Waals surface area contributed by atoms with Gasteiger partial charge in [0, 0.05) is 36.8 Å². The summed E-state index contributed by atoms with van der Waals surface area (Å²) in [7, 11) is 0. The van der Waals surface area contributed by atoms with Crippen LogP contribution in [0.2, 0.25) is 0 Å². The molecule has 1 atom stereocenters. The van der Waals surface area contributed by atoms with E-state index in [1.807, 2.05) is 11.8 Å². The lowest BCUT2D eigenvalue weighted by molar-refractivity contribution is 0.471. The van der Waals surface area contributed by atoms with Gasteiger partial charge in [0.25, 0.3) is 0 Å². The van der Waals surface area contributed by atoms with E-state index in [-0.39, 0.29) is 0 Å². The van der Waals surface area contributed by atoms with Crippen molar-refractivity contribution in [2.24, 2.45) is 16.8 Å². The first-order valence-electron chi connectivity index (χ1n) is 8.40. The van der Waals surface area contributed by atoms with Gasteiger partial charge in [-0.2, -0.15) is 0 Å². The molecule has 0 aliphatic carbocycles. The van der Waals surface area contributed by atoms with Crippen LogP contribution in [0.1, 0.15) is 27.2 Å². The van der Waals surface area contributed by atoms with Crippen molar-refractivity contribution in [3.05, 3.63) is 30.3 Å². The van der Waals surface area contributed by atoms with Crippen LogP contribution in [0.5, 0.6) is 0 Å². The van der Waals surface area contributed by atoms with E-state index in [0.29, 0.717) is 5.92 Å². The van der Waals surface area contributed by atoms with Crippen LogP contribution in [-0.2, 0) is 0 Å². The summed E-state index contributed by atoms with van der Waals surface area (Å²) in [5.74, 6) is 3.67. The molecule has 1 aromatic carbocycles. The molecule has 3 nitrogen and oxygen atoms in total. The number of likely N-dealkylation sites (tertiary alicyclic amines) is 1. The van der Waals surface area contributed by atoms with E-state index >= 15 is 0 Å². The minimum atomic E-state index is 0.612. The first-order chi connectivity index (χ1) is 10.7. The van der Waals surface area contributed by atoms with E-state index in [1.165, 1.54) is 17.1 Å². The normalized spacial score (nSPS) is 19.0. The maximum Gasteiger partial charge on any atom is 0.193 e. The molecule has 0 saturated carbocycles. The van der Waals surface area contributed by atoms with Crippen LogP contribution < -0.4 is 5.32 Å². The van der Waals surface area contributed by atoms with E-state index in [0.717, 1.165) is 38.1 Å². The summed E-state index contributed by atoms with van der Waals surface area (Å²) in [5.41, 5.74) is 0. The number of guanidine groups is 1. The molecule has 1 fully saturated rings. The highest BCUT2D eigenvalue weighted by Crippen LogP contribution is 2.25. The largest absolute Gasteiger partial charge is 0.357 e. The van der Waals surface area contributed by atoms with Crippen molar-refractivity contribution in [3.63, 3.8) is 0 Å². The van der Waals surface area contributed by atoms with Gasteiger partial charge in [0.15, 0.2) is 5.96 Å². The molecule has 0 radical (unpaired) electrons. The second-order valence-electron chi connectivity index (χ2n) is 6.31. The number of rotatable bonds is 6. The maximum absolute atomic E-state index is 4.77. The zero-order valence-electron chi connectivity index (χ0n) is 14.1. The van der Waals surface area contributed by atoms with Crippen molar-refractivity contribution in [1.82, 2.24) is 10.2 Å². The van der Waals surface area contributed by atoms with E-state index in [1.54, 1.807) is 0 Å². The van der Waals surface area contributed by atoms with Gasteiger partial charge >= 0.3 is 0 Å². The second-order valence-corrected chi connectivity index (χ2v) is 7.41. The quantitative estimate of drug-likeness (QED) is 0.492. The standard InChI is InChI=1S/C18H29N3S/c1-4-19-18(20-12-15(2)3)21-11-10-16(13-21)14-22-17-8-6-5-7-9-17/h5-9,15-16H,4,10-14H2,1-3H3,(H,19,20). The van der Waals surface area contributed by atoms with Gasteiger partial charge in [-0.15, -0.1) is 11.8 Å². The van der Waals surface area contributed by atoms with Crippen LogP contribution in [0.25, 0.3) is 0 Å². The fourth-order valence-corrected chi connectivity index (χ4v) is 3.64. The lowest BCUT2D eigenvalue weighted by Gasteiger charge is -2.22. The molecule has 1 N–H and O–H groups in total. The number of benzene rings is 1. The van der Waals surface area contributed by atoms with Crippen molar-refractivity contribution in [2.75, 3.05) is 31.9 Å². The van der Waals surface area contributed by atoms with Crippen molar-refractivity contribution in [3.8, 4) is 0 Å². The van der Waals surface area contributed by atoms with Gasteiger partial charge in [-0.25, -0.2) is 0 Å². The summed E-state index contributed by atoms with van der Waals surface area (Å²) < 4.78 is 0. The summed E-state index contributed by atoms with van der Waals surface area (Å²) in [6, 6.07) is 10.7. The molecule has 1 aliphatic rings. The Balaban J connectivity index is 1.83. The molecule has 2 rings (SSSR count). The molecular weight excluding hydrogens is 290 g/mol. The lowest BCUT2D eigenvalue weighted by Crippen LogP contribution is -2.40. The van der Waals surface area contributed by atoms with Gasteiger partial charge in [0.05, 0.1) is 0 Å². The van der Waals surface area contributed by atoms with Crippen molar-refractivity contribution in [2.45, 2.75) is 32.1 Å². The fourth-order valence-electron chi connectivity index (χ4n) is 2.59. The molecule has 1 unspecified atom stereocenters. The average molecular weight is 320 g/mol. The second kappa shape index (κ2) is 9.09. The summed E-state index contributed by atoms with van der Waals surface area (Å²) in [6.45, 7) is 10.7. The predicted octanol–water partition coefficient (Wildman–Crippen LogP) is 3.72. The van der Waals surface area contributed by atoms with E-state index in [9.17, 15) is 0 Å². The zero-order valence-corrected chi connectivity index (χ0v) is 14.9. The molecule has 1 aliphatic heterocycles. The number of thioether (sulfide) groups is 1. The molecular formula is C18H29N3S. The van der Waals surface area contributed by atoms with Crippen LogP contribution in [-0.4, -0.2) is 42.8 Å². The fraction of sp³-hybridized carbons (Fsp3) is 0.611. The summed E-state index contributed by atoms with van der Waals surface area (Å²) >= 11 is 1.98. The highest BCUT2D eigenvalue weighted by atomic mass is 32.2. The van der Waals surface area contributed by atoms with Crippen molar-refractivity contribution < 1.29 is 0 Å². The third kappa shape index (κ3) is 5.56. The smallest absolute Gasteiger partial charge is 0.193 e. The molecule has 4 heteroatoms. The Bertz CT molecular complexity index is 459. The van der Waals surface area contributed by atoms with Crippen LogP contribution in [0.15, 0.2) is 40.2 Å². The number of hydrogen-bond donors (Lipinski definition) is 1. The Morgan fingerprint density at radius 1 is 1.36 bits per heavy atom. The topological polar surface area (TPSA) is 27.6 Å². The summed E-state index contributed by atoms with van der Waals surface area (Å²) in [5, 5.41) is 3.44. The first kappa shape index (κ1) is 17.2. The minimum absolute atomic E-state index is 0.612. The Hall–Kier alpha value is -1.16. The van der Waals surface area contributed by atoms with Gasteiger partial charge in [-0.05, 0) is 37.3 Å². The Morgan fingerprint density at radius 2 is 2.14 bits per heavy atom. The SMILES string of the molecule is CCNC(=NCC(C)C)N1CCC(CSc2ccccc2)C1. The van der Waals surface area contributed by atoms with Gasteiger partial charge in [-0.1, -0.05) is 32.0 Å². The Kier molecular flexibility index (Phi) is 7.10. The molecule has 0 spiro atoms. The lowest BCUT2D eigenvalue weighted by atomic mass is 10.2. The van der Waals surface area contributed by atoms with E-state index in [2.05, 4.69) is 61.3 Å². The molecule has 0 amide bonds. The van der Waals surface area contributed by atoms with E-state index < -0.39 is 0 Å². The van der Waals surface area contributed by atoms with Crippen molar-refractivity contribution >= 4 is 17.7 Å². The monoisotopic (exact) mass is 319 g/mol. The number of hydrogen-bond acceptors (Lipinski definition) is 2. The van der Waals surface area contributed by atoms with Gasteiger partial charge in [0.1, 0.15) is 0 Å². The molecule has 0 aromatic heterocycles. The summed E-state index contributed by atoms with van der Waals surface area (Å²) in [4.78, 5) is 8.58. The number of nitrogens with zero attached hydrogens (tertiary/aromatic N) is 2. The van der Waals surface area contributed by atoms with E-state index in [4.69, 9.17) is 4.99 Å². The number of aliphatic imine (C=N–C) groups is 1. The third-order valence-corrected chi connectivity index (χ3v) is 5.00. The van der Waals surface area contributed by atoms with Gasteiger partial charge < -0.3 is 10.2 Å². The van der Waals surface area contributed by atoms with Gasteiger partial charge in [0.2, 0.25) is 0 Å². The minimum Gasteiger partial charge on any atom is -0.357 e. The van der Waals surface area contributed by atoms with Crippen LogP contribution in [0.3, 0.4) is 0 Å². The summed E-state index contributed by atoms with van der Waals surface area (Å²) in [6.07, 6.45) is 1.27. The molecule has 1 saturated heterocycles. The molecule has 22 heavy (non-hydrogen) atoms. The highest BCUT2D eigenvalue weighted by Gasteiger charge is 2.24.